The monoisotopic (exact) mass is 342 g/mol. The molecule has 4 nitrogen and oxygen atoms in total. The third-order valence-electron chi connectivity index (χ3n) is 3.09. The Morgan fingerprint density at radius 3 is 2.52 bits per heavy atom. The molecule has 0 radical (unpaired) electrons. The summed E-state index contributed by atoms with van der Waals surface area (Å²) in [6, 6.07) is 7.35. The van der Waals surface area contributed by atoms with Crippen molar-refractivity contribution in [1.82, 2.24) is 0 Å². The molecule has 1 aliphatic rings. The topological polar surface area (TPSA) is 64.4 Å². The van der Waals surface area contributed by atoms with Gasteiger partial charge in [0.05, 0.1) is 10.0 Å². The lowest BCUT2D eigenvalue weighted by Crippen LogP contribution is -2.19. The zero-order valence-electron chi connectivity index (χ0n) is 10.5. The maximum atomic E-state index is 11.6. The Balaban J connectivity index is 1.99. The van der Waals surface area contributed by atoms with Crippen LogP contribution in [0.3, 0.4) is 0 Å². The number of nitrogens with two attached hydrogens (primary N) is 1. The van der Waals surface area contributed by atoms with Crippen LogP contribution in [-0.4, -0.2) is 5.91 Å². The molecule has 3 N–H and O–H groups in total. The van der Waals surface area contributed by atoms with Crippen LogP contribution in [0, 0.1) is 0 Å². The van der Waals surface area contributed by atoms with Crippen molar-refractivity contribution in [2.45, 2.75) is 6.04 Å². The van der Waals surface area contributed by atoms with Crippen molar-refractivity contribution >= 4 is 46.4 Å². The number of anilines is 1. The summed E-state index contributed by atoms with van der Waals surface area (Å²) in [5.41, 5.74) is 6.96. The molecule has 2 aromatic rings. The van der Waals surface area contributed by atoms with Crippen molar-refractivity contribution in [3.05, 3.63) is 51.0 Å². The highest BCUT2D eigenvalue weighted by Gasteiger charge is 2.28. The first-order chi connectivity index (χ1) is 9.95. The summed E-state index contributed by atoms with van der Waals surface area (Å²) in [6.07, 6.45) is 0. The van der Waals surface area contributed by atoms with E-state index in [1.807, 2.05) is 0 Å². The van der Waals surface area contributed by atoms with Crippen LogP contribution >= 0.6 is 34.8 Å². The van der Waals surface area contributed by atoms with Crippen LogP contribution < -0.4 is 15.8 Å². The Kier molecular flexibility index (Phi) is 3.71. The molecule has 0 saturated heterocycles. The fraction of sp³-hybridized carbons (Fsp3) is 0.0714. The molecule has 21 heavy (non-hydrogen) atoms. The highest BCUT2D eigenvalue weighted by Crippen LogP contribution is 2.41. The maximum absolute atomic E-state index is 11.6. The zero-order valence-corrected chi connectivity index (χ0v) is 12.8. The summed E-state index contributed by atoms with van der Waals surface area (Å²) < 4.78 is 5.68. The predicted molar refractivity (Wildman–Crippen MR) is 83.5 cm³/mol. The van der Waals surface area contributed by atoms with E-state index in [9.17, 15) is 4.79 Å². The Bertz CT molecular complexity index is 749. The van der Waals surface area contributed by atoms with Gasteiger partial charge in [-0.25, -0.2) is 0 Å². The average Bonchev–Trinajstić information content (AvgIpc) is 2.70. The lowest BCUT2D eigenvalue weighted by atomic mass is 10.1. The Labute approximate surface area is 135 Å². The Morgan fingerprint density at radius 1 is 1.05 bits per heavy atom. The molecular weight excluding hydrogens is 335 g/mol. The molecule has 108 valence electrons. The summed E-state index contributed by atoms with van der Waals surface area (Å²) in [6.45, 7) is 0. The quantitative estimate of drug-likeness (QED) is 0.850. The van der Waals surface area contributed by atoms with E-state index in [1.165, 1.54) is 0 Å². The fourth-order valence-electron chi connectivity index (χ4n) is 2.04. The molecule has 1 atom stereocenters. The number of benzene rings is 2. The van der Waals surface area contributed by atoms with Crippen LogP contribution in [-0.2, 0) is 4.79 Å². The number of fused-ring (bicyclic) bond motifs is 1. The second-order valence-corrected chi connectivity index (χ2v) is 5.76. The van der Waals surface area contributed by atoms with Crippen molar-refractivity contribution in [3.8, 4) is 11.5 Å². The minimum atomic E-state index is -0.721. The summed E-state index contributed by atoms with van der Waals surface area (Å²) in [5.74, 6) is 0.452. The van der Waals surface area contributed by atoms with E-state index in [1.54, 1.807) is 30.3 Å². The molecular formula is C14H9Cl3N2O2. The Morgan fingerprint density at radius 2 is 1.76 bits per heavy atom. The van der Waals surface area contributed by atoms with Crippen LogP contribution in [0.15, 0.2) is 30.3 Å². The number of halogens is 3. The molecule has 0 fully saturated rings. The van der Waals surface area contributed by atoms with Crippen LogP contribution in [0.2, 0.25) is 15.1 Å². The third kappa shape index (κ3) is 2.68. The number of carbonyl (C=O) groups excluding carboxylic acids is 1. The molecule has 0 bridgehead atoms. The smallest absolute Gasteiger partial charge is 0.245 e. The zero-order chi connectivity index (χ0) is 15.1. The molecule has 0 aromatic heterocycles. The normalized spacial score (nSPS) is 16.6. The average molecular weight is 344 g/mol. The molecule has 1 heterocycles. The molecule has 3 rings (SSSR count). The van der Waals surface area contributed by atoms with Gasteiger partial charge < -0.3 is 15.8 Å². The molecule has 0 saturated carbocycles. The standard InChI is InChI=1S/C14H9Cl3N2O2/c15-6-1-2-8(16)11(3-6)21-12-5-10-7(4-9(12)17)13(18)14(20)19-10/h1-5,13H,18H2,(H,19,20). The SMILES string of the molecule is NC1C(=O)Nc2cc(Oc3cc(Cl)ccc3Cl)c(Cl)cc21. The van der Waals surface area contributed by atoms with Crippen molar-refractivity contribution < 1.29 is 9.53 Å². The van der Waals surface area contributed by atoms with E-state index in [2.05, 4.69) is 5.32 Å². The van der Waals surface area contributed by atoms with E-state index in [0.29, 0.717) is 37.8 Å². The lowest BCUT2D eigenvalue weighted by Gasteiger charge is -2.11. The van der Waals surface area contributed by atoms with E-state index in [0.717, 1.165) is 0 Å². The highest BCUT2D eigenvalue weighted by atomic mass is 35.5. The molecule has 0 aliphatic carbocycles. The van der Waals surface area contributed by atoms with Gasteiger partial charge >= 0.3 is 0 Å². The first kappa shape index (κ1) is 14.5. The van der Waals surface area contributed by atoms with Gasteiger partial charge in [-0.3, -0.25) is 4.79 Å². The van der Waals surface area contributed by atoms with Crippen LogP contribution in [0.25, 0.3) is 0 Å². The minimum absolute atomic E-state index is 0.279. The van der Waals surface area contributed by atoms with Crippen LogP contribution in [0.4, 0.5) is 5.69 Å². The summed E-state index contributed by atoms with van der Waals surface area (Å²) >= 11 is 18.1. The molecule has 7 heteroatoms. The van der Waals surface area contributed by atoms with Crippen molar-refractivity contribution in [2.75, 3.05) is 5.32 Å². The van der Waals surface area contributed by atoms with Gasteiger partial charge in [-0.05, 0) is 18.2 Å². The van der Waals surface area contributed by atoms with Crippen molar-refractivity contribution in [2.24, 2.45) is 5.73 Å². The Hall–Kier alpha value is -1.46. The first-order valence-corrected chi connectivity index (χ1v) is 7.12. The predicted octanol–water partition coefficient (Wildman–Crippen LogP) is 4.39. The fourth-order valence-corrected chi connectivity index (χ4v) is 2.57. The van der Waals surface area contributed by atoms with Crippen molar-refractivity contribution in [1.29, 1.82) is 0 Å². The molecule has 0 spiro atoms. The van der Waals surface area contributed by atoms with Crippen molar-refractivity contribution in [3.63, 3.8) is 0 Å². The molecule has 1 aliphatic heterocycles. The third-order valence-corrected chi connectivity index (χ3v) is 3.94. The molecule has 2 aromatic carbocycles. The van der Waals surface area contributed by atoms with Gasteiger partial charge in [-0.2, -0.15) is 0 Å². The van der Waals surface area contributed by atoms with Gasteiger partial charge in [-0.15, -0.1) is 0 Å². The van der Waals surface area contributed by atoms with E-state index in [4.69, 9.17) is 45.3 Å². The van der Waals surface area contributed by atoms with Crippen LogP contribution in [0.5, 0.6) is 11.5 Å². The number of rotatable bonds is 2. The summed E-state index contributed by atoms with van der Waals surface area (Å²) in [5, 5.41) is 3.88. The van der Waals surface area contributed by atoms with Gasteiger partial charge in [0, 0.05) is 28.4 Å². The maximum Gasteiger partial charge on any atom is 0.245 e. The molecule has 1 amide bonds. The van der Waals surface area contributed by atoms with Gasteiger partial charge in [0.25, 0.3) is 0 Å². The summed E-state index contributed by atoms with van der Waals surface area (Å²) in [7, 11) is 0. The van der Waals surface area contributed by atoms with Crippen LogP contribution in [0.1, 0.15) is 11.6 Å². The number of carbonyl (C=O) groups is 1. The van der Waals surface area contributed by atoms with E-state index in [-0.39, 0.29) is 5.91 Å². The number of hydrogen-bond donors (Lipinski definition) is 2. The van der Waals surface area contributed by atoms with Gasteiger partial charge in [0.2, 0.25) is 5.91 Å². The van der Waals surface area contributed by atoms with Gasteiger partial charge in [-0.1, -0.05) is 34.8 Å². The highest BCUT2D eigenvalue weighted by molar-refractivity contribution is 6.34. The number of ether oxygens (including phenoxy) is 1. The lowest BCUT2D eigenvalue weighted by molar-refractivity contribution is -0.116. The minimum Gasteiger partial charge on any atom is -0.454 e. The first-order valence-electron chi connectivity index (χ1n) is 5.98. The summed E-state index contributed by atoms with van der Waals surface area (Å²) in [4.78, 5) is 11.6. The van der Waals surface area contributed by atoms with E-state index < -0.39 is 6.04 Å². The molecule has 1 unspecified atom stereocenters. The van der Waals surface area contributed by atoms with E-state index >= 15 is 0 Å². The second kappa shape index (κ2) is 5.39. The largest absolute Gasteiger partial charge is 0.454 e. The second-order valence-electron chi connectivity index (χ2n) is 4.51. The number of amides is 1. The van der Waals surface area contributed by atoms with Gasteiger partial charge in [0.1, 0.15) is 17.5 Å². The number of hydrogen-bond acceptors (Lipinski definition) is 3. The van der Waals surface area contributed by atoms with Gasteiger partial charge in [0.15, 0.2) is 0 Å². The number of nitrogens with one attached hydrogen (secondary N) is 1.